The van der Waals surface area contributed by atoms with Gasteiger partial charge in [0, 0.05) is 6.42 Å². The number of nitrogens with one attached hydrogen (secondary N) is 2. The van der Waals surface area contributed by atoms with E-state index in [4.69, 9.17) is 4.74 Å². The predicted molar refractivity (Wildman–Crippen MR) is 114 cm³/mol. The third-order valence-electron chi connectivity index (χ3n) is 5.04. The molecule has 2 N–H and O–H groups in total. The van der Waals surface area contributed by atoms with Crippen LogP contribution in [0.4, 0.5) is 18.9 Å². The van der Waals surface area contributed by atoms with Crippen molar-refractivity contribution in [2.24, 2.45) is 0 Å². The number of alkyl halides is 3. The lowest BCUT2D eigenvalue weighted by atomic mass is 10.0. The summed E-state index contributed by atoms with van der Waals surface area (Å²) in [7, 11) is 1.55. The number of halogens is 3. The number of carbonyl (C=O) groups is 1. The van der Waals surface area contributed by atoms with Gasteiger partial charge in [0.2, 0.25) is 11.1 Å². The molecule has 168 valence electrons. The largest absolute Gasteiger partial charge is 0.497 e. The van der Waals surface area contributed by atoms with E-state index in [1.807, 2.05) is 19.1 Å². The van der Waals surface area contributed by atoms with Crippen LogP contribution in [0.15, 0.2) is 53.7 Å². The summed E-state index contributed by atoms with van der Waals surface area (Å²) in [6, 6.07) is 11.5. The van der Waals surface area contributed by atoms with E-state index < -0.39 is 28.9 Å². The Hall–Kier alpha value is -3.21. The molecule has 1 aliphatic heterocycles. The molecule has 32 heavy (non-hydrogen) atoms. The molecule has 0 aliphatic carbocycles. The van der Waals surface area contributed by atoms with E-state index in [0.29, 0.717) is 23.2 Å². The molecule has 1 amide bonds. The van der Waals surface area contributed by atoms with Gasteiger partial charge in [0.15, 0.2) is 5.82 Å². The second-order valence-corrected chi connectivity index (χ2v) is 8.15. The quantitative estimate of drug-likeness (QED) is 0.588. The highest BCUT2D eigenvalue weighted by Crippen LogP contribution is 2.39. The number of rotatable bonds is 5. The van der Waals surface area contributed by atoms with Crippen LogP contribution in [0, 0.1) is 0 Å². The zero-order valence-electron chi connectivity index (χ0n) is 17.2. The number of ether oxygens (including phenoxy) is 1. The molecule has 0 spiro atoms. The van der Waals surface area contributed by atoms with Crippen LogP contribution < -0.4 is 15.5 Å². The normalized spacial score (nSPS) is 17.9. The average Bonchev–Trinajstić information content (AvgIpc) is 3.20. The minimum atomic E-state index is -4.59. The Balaban J connectivity index is 1.68. The summed E-state index contributed by atoms with van der Waals surface area (Å²) in [4.78, 5) is 13.2. The van der Waals surface area contributed by atoms with Gasteiger partial charge in [-0.25, -0.2) is 4.68 Å². The Morgan fingerprint density at radius 2 is 1.91 bits per heavy atom. The molecule has 4 rings (SSSR count). The number of methoxy groups -OCH3 is 1. The van der Waals surface area contributed by atoms with Gasteiger partial charge in [-0.2, -0.15) is 13.2 Å². The van der Waals surface area contributed by atoms with Crippen LogP contribution >= 0.6 is 11.8 Å². The van der Waals surface area contributed by atoms with Crippen molar-refractivity contribution in [3.63, 3.8) is 0 Å². The molecule has 2 unspecified atom stereocenters. The van der Waals surface area contributed by atoms with Gasteiger partial charge in [0.25, 0.3) is 0 Å². The summed E-state index contributed by atoms with van der Waals surface area (Å²) < 4.78 is 47.1. The first-order valence-corrected chi connectivity index (χ1v) is 10.7. The third-order valence-corrected chi connectivity index (χ3v) is 6.26. The number of hydrogen-bond acceptors (Lipinski definition) is 6. The number of aryl methyl sites for hydroxylation is 1. The van der Waals surface area contributed by atoms with E-state index in [9.17, 15) is 18.0 Å². The van der Waals surface area contributed by atoms with Crippen molar-refractivity contribution in [1.82, 2.24) is 14.9 Å². The highest BCUT2D eigenvalue weighted by atomic mass is 32.2. The van der Waals surface area contributed by atoms with Gasteiger partial charge in [0.1, 0.15) is 11.0 Å². The molecule has 0 saturated carbocycles. The second-order valence-electron chi connectivity index (χ2n) is 7.04. The Labute approximate surface area is 186 Å². The van der Waals surface area contributed by atoms with E-state index in [2.05, 4.69) is 20.9 Å². The molecule has 0 saturated heterocycles. The first-order chi connectivity index (χ1) is 15.3. The lowest BCUT2D eigenvalue weighted by molar-refractivity contribution is -0.137. The summed E-state index contributed by atoms with van der Waals surface area (Å²) in [6.45, 7) is 1.93. The molecule has 0 fully saturated rings. The predicted octanol–water partition coefficient (Wildman–Crippen LogP) is 4.27. The van der Waals surface area contributed by atoms with Crippen LogP contribution in [0.25, 0.3) is 0 Å². The first kappa shape index (κ1) is 22.0. The van der Waals surface area contributed by atoms with Crippen LogP contribution in [0.1, 0.15) is 29.9 Å². The molecule has 2 atom stereocenters. The Morgan fingerprint density at radius 1 is 1.19 bits per heavy atom. The zero-order valence-corrected chi connectivity index (χ0v) is 18.0. The van der Waals surface area contributed by atoms with Crippen LogP contribution in [0.2, 0.25) is 0 Å². The van der Waals surface area contributed by atoms with Crippen LogP contribution in [-0.2, 0) is 17.4 Å². The lowest BCUT2D eigenvalue weighted by Gasteiger charge is -2.33. The fourth-order valence-corrected chi connectivity index (χ4v) is 4.53. The summed E-state index contributed by atoms with van der Waals surface area (Å²) in [6.07, 6.45) is -3.97. The van der Waals surface area contributed by atoms with Crippen LogP contribution in [0.3, 0.4) is 0 Å². The van der Waals surface area contributed by atoms with E-state index >= 15 is 0 Å². The monoisotopic (exact) mass is 463 g/mol. The molecular formula is C21H20F3N5O2S. The molecule has 2 heterocycles. The van der Waals surface area contributed by atoms with Gasteiger partial charge in [-0.1, -0.05) is 43.0 Å². The molecule has 3 aromatic rings. The van der Waals surface area contributed by atoms with Crippen molar-refractivity contribution in [3.8, 4) is 5.75 Å². The molecule has 0 radical (unpaired) electrons. The Morgan fingerprint density at radius 3 is 2.56 bits per heavy atom. The number of para-hydroxylation sites is 1. The molecular weight excluding hydrogens is 443 g/mol. The zero-order chi connectivity index (χ0) is 22.9. The maximum atomic E-state index is 13.4. The van der Waals surface area contributed by atoms with Gasteiger partial charge >= 0.3 is 6.18 Å². The fraction of sp³-hybridized carbons (Fsp3) is 0.286. The number of anilines is 1. The second kappa shape index (κ2) is 8.73. The number of amides is 1. The number of fused-ring (bicyclic) bond motifs is 1. The van der Waals surface area contributed by atoms with Crippen molar-refractivity contribution < 1.29 is 22.7 Å². The molecule has 1 aromatic heterocycles. The lowest BCUT2D eigenvalue weighted by Crippen LogP contribution is -2.41. The minimum Gasteiger partial charge on any atom is -0.497 e. The summed E-state index contributed by atoms with van der Waals surface area (Å²) in [5.41, 5.74) is 2.83. The molecule has 1 aliphatic rings. The summed E-state index contributed by atoms with van der Waals surface area (Å²) >= 11 is 1.15. The third kappa shape index (κ3) is 4.24. The maximum absolute atomic E-state index is 13.4. The Bertz CT molecular complexity index is 1120. The summed E-state index contributed by atoms with van der Waals surface area (Å²) in [5, 5.41) is 10.4. The number of thioether (sulfide) groups is 1. The van der Waals surface area contributed by atoms with Gasteiger partial charge in [-0.15, -0.1) is 10.2 Å². The van der Waals surface area contributed by atoms with Crippen LogP contribution in [-0.4, -0.2) is 33.1 Å². The van der Waals surface area contributed by atoms with Crippen molar-refractivity contribution in [1.29, 1.82) is 0 Å². The van der Waals surface area contributed by atoms with Gasteiger partial charge in [-0.05, 0) is 29.8 Å². The maximum Gasteiger partial charge on any atom is 0.418 e. The smallest absolute Gasteiger partial charge is 0.418 e. The molecule has 11 heteroatoms. The fourth-order valence-electron chi connectivity index (χ4n) is 3.43. The number of nitrogens with zero attached hydrogens (tertiary/aromatic N) is 3. The van der Waals surface area contributed by atoms with E-state index in [1.165, 1.54) is 18.2 Å². The number of benzene rings is 2. The molecule has 7 nitrogen and oxygen atoms in total. The topological polar surface area (TPSA) is 81.1 Å². The van der Waals surface area contributed by atoms with Crippen molar-refractivity contribution in [2.75, 3.05) is 17.9 Å². The van der Waals surface area contributed by atoms with Crippen molar-refractivity contribution in [3.05, 3.63) is 65.5 Å². The van der Waals surface area contributed by atoms with E-state index in [1.54, 1.807) is 23.9 Å². The molecule has 2 aromatic carbocycles. The number of carbonyl (C=O) groups excluding carboxylic acids is 1. The average molecular weight is 463 g/mol. The number of aromatic nitrogens is 3. The summed E-state index contributed by atoms with van der Waals surface area (Å²) in [5.74, 6) is 0.760. The van der Waals surface area contributed by atoms with Gasteiger partial charge in [0.05, 0.1) is 24.4 Å². The van der Waals surface area contributed by atoms with E-state index in [-0.39, 0.29) is 5.69 Å². The first-order valence-electron chi connectivity index (χ1n) is 9.80. The number of hydrogen-bond donors (Lipinski definition) is 2. The highest BCUT2D eigenvalue weighted by molar-refractivity contribution is 8.00. The molecule has 0 bridgehead atoms. The van der Waals surface area contributed by atoms with Crippen LogP contribution in [0.5, 0.6) is 5.75 Å². The van der Waals surface area contributed by atoms with E-state index in [0.717, 1.165) is 23.4 Å². The van der Waals surface area contributed by atoms with Crippen molar-refractivity contribution in [2.45, 2.75) is 36.0 Å². The van der Waals surface area contributed by atoms with Gasteiger partial charge < -0.3 is 15.5 Å². The van der Waals surface area contributed by atoms with Crippen molar-refractivity contribution >= 4 is 23.4 Å². The standard InChI is InChI=1S/C21H20F3N5O2S/c1-3-16-26-27-20-29(16)28-17(12-8-10-13(31-2)11-9-12)18(32-20)19(30)25-15-7-5-4-6-14(15)21(22,23)24/h4-11,17-18,28H,3H2,1-2H3,(H,25,30). The Kier molecular flexibility index (Phi) is 6.00. The highest BCUT2D eigenvalue weighted by Gasteiger charge is 2.39. The SMILES string of the molecule is CCc1nnc2n1NC(c1ccc(OC)cc1)C(C(=O)Nc1ccccc1C(F)(F)F)S2. The van der Waals surface area contributed by atoms with Gasteiger partial charge in [-0.3, -0.25) is 4.79 Å². The minimum absolute atomic E-state index is 0.291.